The van der Waals surface area contributed by atoms with E-state index in [1.165, 1.54) is 0 Å². The van der Waals surface area contributed by atoms with Crippen molar-refractivity contribution in [1.82, 2.24) is 0 Å². The average molecular weight is 194 g/mol. The van der Waals surface area contributed by atoms with E-state index < -0.39 is 0 Å². The van der Waals surface area contributed by atoms with Gasteiger partial charge in [0.25, 0.3) is 0 Å². The Morgan fingerprint density at radius 1 is 1.14 bits per heavy atom. The number of benzene rings is 1. The lowest BCUT2D eigenvalue weighted by molar-refractivity contribution is 0.604. The zero-order valence-corrected chi connectivity index (χ0v) is 9.52. The Hall–Kier alpha value is -0.850. The van der Waals surface area contributed by atoms with Gasteiger partial charge < -0.3 is 0 Å². The number of aryl methyl sites for hydroxylation is 1. The standard InChI is InChI=1S/C13H19F/c1-5-10-7-11(9(3)4)8-13(14)12(10)6-2/h7-9H,5-6H2,1-4H3. The monoisotopic (exact) mass is 194 g/mol. The van der Waals surface area contributed by atoms with Crippen LogP contribution >= 0.6 is 0 Å². The van der Waals surface area contributed by atoms with Gasteiger partial charge in [-0.1, -0.05) is 33.8 Å². The van der Waals surface area contributed by atoms with Gasteiger partial charge in [0.2, 0.25) is 0 Å². The molecule has 0 aliphatic carbocycles. The molecule has 78 valence electrons. The normalized spacial score (nSPS) is 11.0. The molecule has 0 saturated carbocycles. The van der Waals surface area contributed by atoms with Crippen molar-refractivity contribution in [3.05, 3.63) is 34.6 Å². The van der Waals surface area contributed by atoms with Gasteiger partial charge in [-0.3, -0.25) is 0 Å². The van der Waals surface area contributed by atoms with Gasteiger partial charge in [-0.2, -0.15) is 0 Å². The first kappa shape index (κ1) is 11.2. The van der Waals surface area contributed by atoms with E-state index in [9.17, 15) is 4.39 Å². The minimum atomic E-state index is -0.0319. The van der Waals surface area contributed by atoms with Gasteiger partial charge in [-0.15, -0.1) is 0 Å². The summed E-state index contributed by atoms with van der Waals surface area (Å²) in [6, 6.07) is 3.83. The Kier molecular flexibility index (Phi) is 3.68. The predicted octanol–water partition coefficient (Wildman–Crippen LogP) is 4.07. The molecule has 0 aliphatic rings. The zero-order valence-electron chi connectivity index (χ0n) is 9.52. The Labute approximate surface area is 86.2 Å². The van der Waals surface area contributed by atoms with Crippen LogP contribution in [0.5, 0.6) is 0 Å². The summed E-state index contributed by atoms with van der Waals surface area (Å²) in [6.07, 6.45) is 1.70. The maximum atomic E-state index is 13.7. The average Bonchev–Trinajstić information content (AvgIpc) is 2.16. The molecule has 1 heteroatoms. The first-order chi connectivity index (χ1) is 6.60. The summed E-state index contributed by atoms with van der Waals surface area (Å²) >= 11 is 0. The second-order valence-corrected chi connectivity index (χ2v) is 4.00. The Morgan fingerprint density at radius 3 is 2.21 bits per heavy atom. The number of rotatable bonds is 3. The van der Waals surface area contributed by atoms with Gasteiger partial charge in [-0.05, 0) is 41.5 Å². The summed E-state index contributed by atoms with van der Waals surface area (Å²) in [6.45, 7) is 8.28. The summed E-state index contributed by atoms with van der Waals surface area (Å²) in [5.74, 6) is 0.372. The number of hydrogen-bond donors (Lipinski definition) is 0. The van der Waals surface area contributed by atoms with E-state index in [-0.39, 0.29) is 5.82 Å². The van der Waals surface area contributed by atoms with Crippen molar-refractivity contribution in [2.24, 2.45) is 0 Å². The Morgan fingerprint density at radius 2 is 1.79 bits per heavy atom. The molecule has 0 aromatic heterocycles. The highest BCUT2D eigenvalue weighted by molar-refractivity contribution is 5.34. The molecule has 0 aliphatic heterocycles. The van der Waals surface area contributed by atoms with Gasteiger partial charge in [0.1, 0.15) is 5.82 Å². The highest BCUT2D eigenvalue weighted by atomic mass is 19.1. The van der Waals surface area contributed by atoms with E-state index >= 15 is 0 Å². The zero-order chi connectivity index (χ0) is 10.7. The molecule has 1 aromatic rings. The Balaban J connectivity index is 3.24. The van der Waals surface area contributed by atoms with E-state index in [1.54, 1.807) is 6.07 Å². The topological polar surface area (TPSA) is 0 Å². The van der Waals surface area contributed by atoms with Crippen LogP contribution in [0.1, 0.15) is 50.3 Å². The molecule has 0 fully saturated rings. The molecular formula is C13H19F. The molecule has 0 saturated heterocycles. The molecule has 1 rings (SSSR count). The second kappa shape index (κ2) is 4.59. The number of hydrogen-bond acceptors (Lipinski definition) is 0. The molecule has 0 spiro atoms. The van der Waals surface area contributed by atoms with Crippen LogP contribution < -0.4 is 0 Å². The minimum Gasteiger partial charge on any atom is -0.207 e. The molecule has 0 unspecified atom stereocenters. The van der Waals surface area contributed by atoms with Crippen molar-refractivity contribution in [1.29, 1.82) is 0 Å². The third-order valence-corrected chi connectivity index (χ3v) is 2.71. The summed E-state index contributed by atoms with van der Waals surface area (Å²) < 4.78 is 13.7. The maximum Gasteiger partial charge on any atom is 0.126 e. The molecule has 0 bridgehead atoms. The van der Waals surface area contributed by atoms with Gasteiger partial charge in [0.15, 0.2) is 0 Å². The second-order valence-electron chi connectivity index (χ2n) is 4.00. The van der Waals surface area contributed by atoms with Crippen LogP contribution in [0.25, 0.3) is 0 Å². The van der Waals surface area contributed by atoms with Crippen molar-refractivity contribution in [3.8, 4) is 0 Å². The first-order valence-corrected chi connectivity index (χ1v) is 5.41. The molecule has 0 heterocycles. The Bertz CT molecular complexity index is 313. The van der Waals surface area contributed by atoms with Crippen LogP contribution in [0.2, 0.25) is 0 Å². The van der Waals surface area contributed by atoms with Crippen LogP contribution in [0.3, 0.4) is 0 Å². The third-order valence-electron chi connectivity index (χ3n) is 2.71. The summed E-state index contributed by atoms with van der Waals surface area (Å²) in [5.41, 5.74) is 3.16. The van der Waals surface area contributed by atoms with Crippen LogP contribution in [-0.2, 0) is 12.8 Å². The summed E-state index contributed by atoms with van der Waals surface area (Å²) in [7, 11) is 0. The van der Waals surface area contributed by atoms with Crippen LogP contribution in [0.15, 0.2) is 12.1 Å². The maximum absolute atomic E-state index is 13.7. The lowest BCUT2D eigenvalue weighted by atomic mass is 9.94. The van der Waals surface area contributed by atoms with Crippen molar-refractivity contribution in [3.63, 3.8) is 0 Å². The largest absolute Gasteiger partial charge is 0.207 e. The molecule has 0 radical (unpaired) electrons. The molecule has 0 atom stereocenters. The van der Waals surface area contributed by atoms with Gasteiger partial charge >= 0.3 is 0 Å². The molecule has 14 heavy (non-hydrogen) atoms. The van der Waals surface area contributed by atoms with Crippen LogP contribution in [0, 0.1) is 5.82 Å². The fourth-order valence-corrected chi connectivity index (χ4v) is 1.76. The van der Waals surface area contributed by atoms with Crippen molar-refractivity contribution in [2.75, 3.05) is 0 Å². The lowest BCUT2D eigenvalue weighted by Gasteiger charge is -2.12. The van der Waals surface area contributed by atoms with Crippen LogP contribution in [-0.4, -0.2) is 0 Å². The minimum absolute atomic E-state index is 0.0319. The fourth-order valence-electron chi connectivity index (χ4n) is 1.76. The van der Waals surface area contributed by atoms with E-state index in [4.69, 9.17) is 0 Å². The number of halogens is 1. The van der Waals surface area contributed by atoms with Crippen molar-refractivity contribution < 1.29 is 4.39 Å². The highest BCUT2D eigenvalue weighted by Gasteiger charge is 2.09. The van der Waals surface area contributed by atoms with E-state index in [1.807, 2.05) is 6.92 Å². The lowest BCUT2D eigenvalue weighted by Crippen LogP contribution is -1.99. The summed E-state index contributed by atoms with van der Waals surface area (Å²) in [5, 5.41) is 0. The molecular weight excluding hydrogens is 175 g/mol. The van der Waals surface area contributed by atoms with E-state index in [2.05, 4.69) is 26.8 Å². The third kappa shape index (κ3) is 2.14. The van der Waals surface area contributed by atoms with Gasteiger partial charge in [0, 0.05) is 0 Å². The van der Waals surface area contributed by atoms with Gasteiger partial charge in [-0.25, -0.2) is 4.39 Å². The highest BCUT2D eigenvalue weighted by Crippen LogP contribution is 2.22. The van der Waals surface area contributed by atoms with Crippen LogP contribution in [0.4, 0.5) is 4.39 Å². The van der Waals surface area contributed by atoms with E-state index in [0.29, 0.717) is 5.92 Å². The molecule has 0 nitrogen and oxygen atoms in total. The first-order valence-electron chi connectivity index (χ1n) is 5.41. The van der Waals surface area contributed by atoms with Gasteiger partial charge in [0.05, 0.1) is 0 Å². The molecule has 0 amide bonds. The molecule has 0 N–H and O–H groups in total. The smallest absolute Gasteiger partial charge is 0.126 e. The fraction of sp³-hybridized carbons (Fsp3) is 0.538. The summed E-state index contributed by atoms with van der Waals surface area (Å²) in [4.78, 5) is 0. The van der Waals surface area contributed by atoms with Crippen molar-refractivity contribution in [2.45, 2.75) is 46.5 Å². The van der Waals surface area contributed by atoms with Crippen molar-refractivity contribution >= 4 is 0 Å². The molecule has 1 aromatic carbocycles. The predicted molar refractivity (Wildman–Crippen MR) is 59.2 cm³/mol. The SMILES string of the molecule is CCc1cc(C(C)C)cc(F)c1CC. The quantitative estimate of drug-likeness (QED) is 0.680. The van der Waals surface area contributed by atoms with E-state index in [0.717, 1.165) is 29.5 Å².